The van der Waals surface area contributed by atoms with E-state index in [1.807, 2.05) is 12.1 Å². The van der Waals surface area contributed by atoms with Crippen LogP contribution in [0.4, 0.5) is 0 Å². The fourth-order valence-electron chi connectivity index (χ4n) is 2.79. The second-order valence-corrected chi connectivity index (χ2v) is 6.85. The van der Waals surface area contributed by atoms with Crippen LogP contribution in [0.5, 0.6) is 5.75 Å². The molecule has 7 nitrogen and oxygen atoms in total. The number of nitrogens with two attached hydrogens (primary N) is 2. The second kappa shape index (κ2) is 16.9. The number of phenolic OH excluding ortho intramolecular Hbond substituents is 1. The summed E-state index contributed by atoms with van der Waals surface area (Å²) in [7, 11) is 0. The van der Waals surface area contributed by atoms with Crippen LogP contribution < -0.4 is 32.7 Å². The largest absolute Gasteiger partial charge is 0.508 e. The number of nitrogens with one attached hydrogen (secondary N) is 4. The molecule has 0 bridgehead atoms. The van der Waals surface area contributed by atoms with Gasteiger partial charge in [-0.05, 0) is 101 Å². The molecule has 0 amide bonds. The van der Waals surface area contributed by atoms with Crippen LogP contribution in [0.25, 0.3) is 0 Å². The zero-order valence-corrected chi connectivity index (χ0v) is 16.7. The number of phenols is 1. The zero-order valence-electron chi connectivity index (χ0n) is 16.7. The minimum absolute atomic E-state index is 0.331. The molecule has 0 saturated heterocycles. The highest BCUT2D eigenvalue weighted by Crippen LogP contribution is 2.15. The number of aromatic hydroxyl groups is 1. The van der Waals surface area contributed by atoms with E-state index in [9.17, 15) is 5.11 Å². The van der Waals surface area contributed by atoms with Crippen LogP contribution in [0.15, 0.2) is 18.2 Å². The fraction of sp³-hybridized carbons (Fsp3) is 0.700. The highest BCUT2D eigenvalue weighted by Gasteiger charge is 2.01. The Morgan fingerprint density at radius 3 is 1.44 bits per heavy atom. The van der Waals surface area contributed by atoms with Crippen LogP contribution in [0.1, 0.15) is 36.8 Å². The van der Waals surface area contributed by atoms with Crippen molar-refractivity contribution in [1.82, 2.24) is 21.3 Å². The molecule has 27 heavy (non-hydrogen) atoms. The van der Waals surface area contributed by atoms with Crippen molar-refractivity contribution in [2.75, 3.05) is 52.4 Å². The van der Waals surface area contributed by atoms with Crippen LogP contribution >= 0.6 is 0 Å². The summed E-state index contributed by atoms with van der Waals surface area (Å²) < 4.78 is 0. The highest BCUT2D eigenvalue weighted by molar-refractivity contribution is 5.33. The van der Waals surface area contributed by atoms with Gasteiger partial charge in [-0.2, -0.15) is 0 Å². The van der Waals surface area contributed by atoms with Crippen molar-refractivity contribution < 1.29 is 5.11 Å². The van der Waals surface area contributed by atoms with Crippen LogP contribution in [-0.2, 0) is 13.1 Å². The first-order chi connectivity index (χ1) is 13.3. The summed E-state index contributed by atoms with van der Waals surface area (Å²) in [5, 5.41) is 23.6. The van der Waals surface area contributed by atoms with Crippen molar-refractivity contribution in [2.24, 2.45) is 11.5 Å². The Labute approximate surface area is 164 Å². The van der Waals surface area contributed by atoms with Crippen molar-refractivity contribution in [2.45, 2.75) is 38.8 Å². The van der Waals surface area contributed by atoms with Crippen molar-refractivity contribution in [3.63, 3.8) is 0 Å². The summed E-state index contributed by atoms with van der Waals surface area (Å²) in [5.74, 6) is 0.331. The standard InChI is InChI=1S/C20H40N6O/c21-5-1-7-23-9-3-11-25-16-18-13-19(15-20(27)14-18)17-26-12-4-10-24-8-2-6-22/h13-15,23-27H,1-12,16-17,21-22H2. The van der Waals surface area contributed by atoms with Gasteiger partial charge in [0.15, 0.2) is 0 Å². The van der Waals surface area contributed by atoms with E-state index in [0.29, 0.717) is 5.75 Å². The normalized spacial score (nSPS) is 11.2. The van der Waals surface area contributed by atoms with E-state index in [-0.39, 0.29) is 0 Å². The van der Waals surface area contributed by atoms with Crippen LogP contribution in [-0.4, -0.2) is 57.5 Å². The molecular formula is C20H40N6O. The number of benzene rings is 1. The molecule has 0 aromatic heterocycles. The summed E-state index contributed by atoms with van der Waals surface area (Å²) in [4.78, 5) is 0. The molecule has 9 N–H and O–H groups in total. The first-order valence-electron chi connectivity index (χ1n) is 10.3. The summed E-state index contributed by atoms with van der Waals surface area (Å²) >= 11 is 0. The predicted molar refractivity (Wildman–Crippen MR) is 114 cm³/mol. The van der Waals surface area contributed by atoms with Gasteiger partial charge in [0.1, 0.15) is 5.75 Å². The summed E-state index contributed by atoms with van der Waals surface area (Å²) in [6.07, 6.45) is 4.21. The molecule has 0 saturated carbocycles. The Balaban J connectivity index is 2.14. The molecule has 1 rings (SSSR count). The molecule has 0 aliphatic heterocycles. The van der Waals surface area contributed by atoms with Crippen molar-refractivity contribution >= 4 is 0 Å². The van der Waals surface area contributed by atoms with Gasteiger partial charge in [-0.15, -0.1) is 0 Å². The van der Waals surface area contributed by atoms with Gasteiger partial charge in [-0.25, -0.2) is 0 Å². The molecule has 0 aliphatic rings. The first-order valence-corrected chi connectivity index (χ1v) is 10.3. The van der Waals surface area contributed by atoms with Gasteiger partial charge in [-0.1, -0.05) is 6.07 Å². The van der Waals surface area contributed by atoms with Gasteiger partial charge in [0.25, 0.3) is 0 Å². The molecule has 0 heterocycles. The molecule has 0 atom stereocenters. The minimum Gasteiger partial charge on any atom is -0.508 e. The maximum Gasteiger partial charge on any atom is 0.116 e. The third kappa shape index (κ3) is 13.6. The lowest BCUT2D eigenvalue weighted by Gasteiger charge is -2.10. The second-order valence-electron chi connectivity index (χ2n) is 6.85. The molecule has 0 spiro atoms. The SMILES string of the molecule is NCCCNCCCNCc1cc(O)cc(CNCCCNCCCN)c1. The summed E-state index contributed by atoms with van der Waals surface area (Å²) in [6, 6.07) is 5.81. The zero-order chi connectivity index (χ0) is 19.6. The van der Waals surface area contributed by atoms with Gasteiger partial charge in [0, 0.05) is 13.1 Å². The highest BCUT2D eigenvalue weighted by atomic mass is 16.3. The lowest BCUT2D eigenvalue weighted by Crippen LogP contribution is -2.24. The molecule has 0 radical (unpaired) electrons. The third-order valence-corrected chi connectivity index (χ3v) is 4.23. The fourth-order valence-corrected chi connectivity index (χ4v) is 2.79. The molecular weight excluding hydrogens is 340 g/mol. The average molecular weight is 381 g/mol. The quantitative estimate of drug-likeness (QED) is 0.182. The molecule has 0 aliphatic carbocycles. The summed E-state index contributed by atoms with van der Waals surface area (Å²) in [6.45, 7) is 8.92. The monoisotopic (exact) mass is 380 g/mol. The van der Waals surface area contributed by atoms with Gasteiger partial charge in [0.05, 0.1) is 0 Å². The number of hydrogen-bond donors (Lipinski definition) is 7. The first kappa shape index (κ1) is 23.8. The Hall–Kier alpha value is -1.22. The molecule has 1 aromatic carbocycles. The van der Waals surface area contributed by atoms with E-state index in [1.165, 1.54) is 0 Å². The van der Waals surface area contributed by atoms with Gasteiger partial charge < -0.3 is 37.8 Å². The predicted octanol–water partition coefficient (Wildman–Crippen LogP) is 0.228. The van der Waals surface area contributed by atoms with Crippen molar-refractivity contribution in [3.8, 4) is 5.75 Å². The lowest BCUT2D eigenvalue weighted by molar-refractivity contribution is 0.472. The van der Waals surface area contributed by atoms with Gasteiger partial charge >= 0.3 is 0 Å². The van der Waals surface area contributed by atoms with Crippen molar-refractivity contribution in [1.29, 1.82) is 0 Å². The minimum atomic E-state index is 0.331. The van der Waals surface area contributed by atoms with E-state index in [1.54, 1.807) is 0 Å². The molecule has 0 fully saturated rings. The van der Waals surface area contributed by atoms with Gasteiger partial charge in [-0.3, -0.25) is 0 Å². The Morgan fingerprint density at radius 1 is 0.593 bits per heavy atom. The van der Waals surface area contributed by atoms with Crippen LogP contribution in [0, 0.1) is 0 Å². The Bertz CT molecular complexity index is 434. The molecule has 0 unspecified atom stereocenters. The van der Waals surface area contributed by atoms with Gasteiger partial charge in [0.2, 0.25) is 0 Å². The van der Waals surface area contributed by atoms with Crippen molar-refractivity contribution in [3.05, 3.63) is 29.3 Å². The number of rotatable bonds is 18. The topological polar surface area (TPSA) is 120 Å². The lowest BCUT2D eigenvalue weighted by atomic mass is 10.1. The smallest absolute Gasteiger partial charge is 0.116 e. The third-order valence-electron chi connectivity index (χ3n) is 4.23. The van der Waals surface area contributed by atoms with E-state index in [4.69, 9.17) is 11.5 Å². The Kier molecular flexibility index (Phi) is 14.9. The van der Waals surface area contributed by atoms with E-state index >= 15 is 0 Å². The average Bonchev–Trinajstić information content (AvgIpc) is 2.65. The maximum absolute atomic E-state index is 9.94. The van der Waals surface area contributed by atoms with E-state index in [0.717, 1.165) is 102 Å². The van der Waals surface area contributed by atoms with Crippen LogP contribution in [0.2, 0.25) is 0 Å². The molecule has 7 heteroatoms. The Morgan fingerprint density at radius 2 is 1.00 bits per heavy atom. The van der Waals surface area contributed by atoms with E-state index < -0.39 is 0 Å². The number of hydrogen-bond acceptors (Lipinski definition) is 7. The van der Waals surface area contributed by atoms with E-state index in [2.05, 4.69) is 27.3 Å². The summed E-state index contributed by atoms with van der Waals surface area (Å²) in [5.41, 5.74) is 13.2. The molecule has 1 aromatic rings. The van der Waals surface area contributed by atoms with Crippen LogP contribution in [0.3, 0.4) is 0 Å². The maximum atomic E-state index is 9.94. The molecule has 156 valence electrons.